The van der Waals surface area contributed by atoms with Gasteiger partial charge in [-0.15, -0.1) is 10.2 Å². The molecule has 136 valence electrons. The van der Waals surface area contributed by atoms with Crippen molar-refractivity contribution < 1.29 is 14.0 Å². The molecule has 0 atom stereocenters. The first-order valence-corrected chi connectivity index (χ1v) is 9.61. The van der Waals surface area contributed by atoms with Crippen LogP contribution in [-0.2, 0) is 16.1 Å². The highest BCUT2D eigenvalue weighted by Crippen LogP contribution is 2.27. The van der Waals surface area contributed by atoms with Crippen molar-refractivity contribution in [3.05, 3.63) is 35.1 Å². The van der Waals surface area contributed by atoms with Crippen molar-refractivity contribution in [2.24, 2.45) is 0 Å². The average molecular weight is 374 g/mol. The van der Waals surface area contributed by atoms with E-state index in [1.807, 2.05) is 0 Å². The van der Waals surface area contributed by atoms with Crippen molar-refractivity contribution in [3.63, 3.8) is 0 Å². The number of piperazine rings is 1. The number of carbonyl (C=O) groups is 2. The molecule has 1 aliphatic heterocycles. The molecule has 0 bridgehead atoms. The van der Waals surface area contributed by atoms with Crippen molar-refractivity contribution in [1.29, 1.82) is 0 Å². The van der Waals surface area contributed by atoms with Gasteiger partial charge in [0.25, 0.3) is 0 Å². The van der Waals surface area contributed by atoms with Gasteiger partial charge in [0, 0.05) is 24.7 Å². The predicted molar refractivity (Wildman–Crippen MR) is 94.7 cm³/mol. The highest BCUT2D eigenvalue weighted by atomic mass is 32.1. The van der Waals surface area contributed by atoms with E-state index in [1.54, 1.807) is 17.0 Å². The number of halogens is 1. The highest BCUT2D eigenvalue weighted by molar-refractivity contribution is 7.14. The monoisotopic (exact) mass is 374 g/mol. The maximum absolute atomic E-state index is 13.4. The Kier molecular flexibility index (Phi) is 4.67. The summed E-state index contributed by atoms with van der Waals surface area (Å²) in [5, 5.41) is 9.42. The Morgan fingerprint density at radius 1 is 1.12 bits per heavy atom. The molecule has 2 fully saturated rings. The van der Waals surface area contributed by atoms with Gasteiger partial charge in [-0.25, -0.2) is 4.39 Å². The number of aromatic nitrogens is 2. The van der Waals surface area contributed by atoms with Crippen molar-refractivity contribution in [1.82, 2.24) is 20.0 Å². The third-order valence-electron chi connectivity index (χ3n) is 4.97. The van der Waals surface area contributed by atoms with Crippen molar-refractivity contribution >= 4 is 23.2 Å². The van der Waals surface area contributed by atoms with E-state index in [4.69, 9.17) is 0 Å². The maximum Gasteiger partial charge on any atom is 0.312 e. The van der Waals surface area contributed by atoms with Gasteiger partial charge in [-0.2, -0.15) is 0 Å². The van der Waals surface area contributed by atoms with Crippen LogP contribution in [0.25, 0.3) is 10.6 Å². The molecule has 2 heterocycles. The van der Waals surface area contributed by atoms with Gasteiger partial charge in [0.2, 0.25) is 0 Å². The van der Waals surface area contributed by atoms with E-state index in [0.29, 0.717) is 28.7 Å². The fourth-order valence-electron chi connectivity index (χ4n) is 3.62. The molecular weight excluding hydrogens is 355 g/mol. The summed E-state index contributed by atoms with van der Waals surface area (Å²) >= 11 is 1.31. The molecule has 2 aromatic rings. The van der Waals surface area contributed by atoms with Crippen LogP contribution in [0.15, 0.2) is 24.3 Å². The number of benzene rings is 1. The maximum atomic E-state index is 13.4. The number of hydrogen-bond acceptors (Lipinski definition) is 5. The van der Waals surface area contributed by atoms with Gasteiger partial charge in [0.05, 0.1) is 6.54 Å². The van der Waals surface area contributed by atoms with Crippen LogP contribution in [0.3, 0.4) is 0 Å². The lowest BCUT2D eigenvalue weighted by atomic mass is 10.1. The molecule has 0 N–H and O–H groups in total. The lowest BCUT2D eigenvalue weighted by Crippen LogP contribution is -2.56. The Labute approximate surface area is 154 Å². The Bertz CT molecular complexity index is 834. The van der Waals surface area contributed by atoms with Gasteiger partial charge in [-0.1, -0.05) is 36.3 Å². The van der Waals surface area contributed by atoms with Crippen LogP contribution in [0.1, 0.15) is 30.7 Å². The number of carbonyl (C=O) groups excluding carboxylic acids is 2. The molecule has 2 amide bonds. The predicted octanol–water partition coefficient (Wildman–Crippen LogP) is 2.46. The lowest BCUT2D eigenvalue weighted by molar-refractivity contribution is -0.158. The highest BCUT2D eigenvalue weighted by Gasteiger charge is 2.37. The molecule has 6 nitrogen and oxygen atoms in total. The molecule has 8 heteroatoms. The largest absolute Gasteiger partial charge is 0.330 e. The van der Waals surface area contributed by atoms with Crippen LogP contribution in [0, 0.1) is 5.82 Å². The third kappa shape index (κ3) is 3.33. The van der Waals surface area contributed by atoms with Gasteiger partial charge in [0.15, 0.2) is 0 Å². The summed E-state index contributed by atoms with van der Waals surface area (Å²) < 4.78 is 13.4. The van der Waals surface area contributed by atoms with Gasteiger partial charge in [0.1, 0.15) is 15.8 Å². The van der Waals surface area contributed by atoms with Crippen LogP contribution in [0.5, 0.6) is 0 Å². The fourth-order valence-corrected chi connectivity index (χ4v) is 4.48. The topological polar surface area (TPSA) is 66.4 Å². The second-order valence-corrected chi connectivity index (χ2v) is 7.74. The summed E-state index contributed by atoms with van der Waals surface area (Å²) in [5.74, 6) is -1.20. The van der Waals surface area contributed by atoms with Gasteiger partial charge in [-0.3, -0.25) is 9.59 Å². The Hall–Kier alpha value is -2.35. The Morgan fingerprint density at radius 2 is 1.92 bits per heavy atom. The van der Waals surface area contributed by atoms with Gasteiger partial charge in [-0.05, 0) is 25.0 Å². The number of rotatable bonds is 4. The second-order valence-electron chi connectivity index (χ2n) is 6.67. The zero-order valence-corrected chi connectivity index (χ0v) is 15.0. The Morgan fingerprint density at radius 3 is 2.69 bits per heavy atom. The lowest BCUT2D eigenvalue weighted by Gasteiger charge is -2.36. The minimum Gasteiger partial charge on any atom is -0.330 e. The minimum absolute atomic E-state index is 0.217. The minimum atomic E-state index is -0.467. The van der Waals surface area contributed by atoms with E-state index < -0.39 is 11.8 Å². The molecule has 1 saturated heterocycles. The summed E-state index contributed by atoms with van der Waals surface area (Å²) in [4.78, 5) is 28.2. The van der Waals surface area contributed by atoms with E-state index in [9.17, 15) is 14.0 Å². The number of nitrogens with zero attached hydrogens (tertiary/aromatic N) is 4. The van der Waals surface area contributed by atoms with E-state index >= 15 is 0 Å². The summed E-state index contributed by atoms with van der Waals surface area (Å²) in [6.07, 6.45) is 4.23. The fraction of sp³-hybridized carbons (Fsp3) is 0.444. The van der Waals surface area contributed by atoms with E-state index in [1.165, 1.54) is 28.4 Å². The smallest absolute Gasteiger partial charge is 0.312 e. The zero-order chi connectivity index (χ0) is 18.1. The van der Waals surface area contributed by atoms with E-state index in [2.05, 4.69) is 10.2 Å². The second kappa shape index (κ2) is 7.11. The first-order valence-electron chi connectivity index (χ1n) is 8.80. The van der Waals surface area contributed by atoms with E-state index in [0.717, 1.165) is 25.7 Å². The van der Waals surface area contributed by atoms with Gasteiger partial charge >= 0.3 is 11.8 Å². The van der Waals surface area contributed by atoms with Crippen molar-refractivity contribution in [3.8, 4) is 10.6 Å². The van der Waals surface area contributed by atoms with Crippen molar-refractivity contribution in [2.75, 3.05) is 13.1 Å². The molecule has 0 spiro atoms. The summed E-state index contributed by atoms with van der Waals surface area (Å²) in [7, 11) is 0. The number of amides is 2. The van der Waals surface area contributed by atoms with Crippen LogP contribution in [-0.4, -0.2) is 50.9 Å². The van der Waals surface area contributed by atoms with Gasteiger partial charge < -0.3 is 9.80 Å². The third-order valence-corrected chi connectivity index (χ3v) is 5.93. The summed E-state index contributed by atoms with van der Waals surface area (Å²) in [6.45, 7) is 1.34. The quantitative estimate of drug-likeness (QED) is 0.771. The molecule has 1 aromatic heterocycles. The molecule has 26 heavy (non-hydrogen) atoms. The Balaban J connectivity index is 1.43. The molecule has 2 aliphatic rings. The average Bonchev–Trinajstić information content (AvgIpc) is 3.31. The zero-order valence-electron chi connectivity index (χ0n) is 14.2. The molecule has 4 rings (SSSR count). The standard InChI is InChI=1S/C18H19FN4O2S/c19-13-5-3-4-12(10-13)16-21-20-15(26-16)11-22-8-9-23(18(25)17(22)24)14-6-1-2-7-14/h3-5,10,14H,1-2,6-9,11H2. The molecule has 0 radical (unpaired) electrons. The molecule has 1 aliphatic carbocycles. The first-order chi connectivity index (χ1) is 12.6. The normalized spacial score (nSPS) is 18.8. The SMILES string of the molecule is O=C1C(=O)N(C2CCCC2)CCN1Cc1nnc(-c2cccc(F)c2)s1. The molecular formula is C18H19FN4O2S. The summed E-state index contributed by atoms with van der Waals surface area (Å²) in [6, 6.07) is 6.38. The first kappa shape index (κ1) is 17.1. The number of hydrogen-bond donors (Lipinski definition) is 0. The molecule has 0 unspecified atom stereocenters. The van der Waals surface area contributed by atoms with Crippen LogP contribution < -0.4 is 0 Å². The van der Waals surface area contributed by atoms with Crippen molar-refractivity contribution in [2.45, 2.75) is 38.3 Å². The molecule has 1 aromatic carbocycles. The molecule has 1 saturated carbocycles. The summed E-state index contributed by atoms with van der Waals surface area (Å²) in [5.41, 5.74) is 0.655. The van der Waals surface area contributed by atoms with E-state index in [-0.39, 0.29) is 18.4 Å². The van der Waals surface area contributed by atoms with Crippen LogP contribution in [0.2, 0.25) is 0 Å². The van der Waals surface area contributed by atoms with Crippen LogP contribution >= 0.6 is 11.3 Å². The van der Waals surface area contributed by atoms with Crippen LogP contribution in [0.4, 0.5) is 4.39 Å².